The summed E-state index contributed by atoms with van der Waals surface area (Å²) in [6.07, 6.45) is 11.7. The van der Waals surface area contributed by atoms with Gasteiger partial charge in [-0.1, -0.05) is 121 Å². The maximum absolute atomic E-state index is 2.26. The molecule has 0 unspecified atom stereocenters. The predicted molar refractivity (Wildman–Crippen MR) is 115 cm³/mol. The summed E-state index contributed by atoms with van der Waals surface area (Å²) in [5.74, 6) is 0. The molecule has 3 aromatic carbocycles. The molecule has 1 heteroatoms. The van der Waals surface area contributed by atoms with E-state index in [0.29, 0.717) is 0 Å². The van der Waals surface area contributed by atoms with Crippen LogP contribution in [-0.4, -0.2) is 0 Å². The van der Waals surface area contributed by atoms with E-state index in [4.69, 9.17) is 0 Å². The number of benzene rings is 3. The molecule has 3 aromatic rings. The van der Waals surface area contributed by atoms with Gasteiger partial charge in [0.1, 0.15) is 0 Å². The van der Waals surface area contributed by atoms with Crippen molar-refractivity contribution in [2.75, 3.05) is 0 Å². The van der Waals surface area contributed by atoms with Crippen molar-refractivity contribution in [2.24, 2.45) is 0 Å². The molecular formula is C26H24Zr. The summed E-state index contributed by atoms with van der Waals surface area (Å²) in [4.78, 5) is 0. The van der Waals surface area contributed by atoms with Crippen molar-refractivity contribution in [1.82, 2.24) is 0 Å². The fraction of sp³-hybridized carbons (Fsp3) is 0.0769. The van der Waals surface area contributed by atoms with Crippen LogP contribution in [0, 0.1) is 0 Å². The van der Waals surface area contributed by atoms with Crippen molar-refractivity contribution in [1.29, 1.82) is 0 Å². The van der Waals surface area contributed by atoms with Crippen LogP contribution in [0.5, 0.6) is 0 Å². The Morgan fingerprint density at radius 1 is 0.630 bits per heavy atom. The van der Waals surface area contributed by atoms with Gasteiger partial charge < -0.3 is 0 Å². The van der Waals surface area contributed by atoms with Crippen LogP contribution >= 0.6 is 0 Å². The van der Waals surface area contributed by atoms with Gasteiger partial charge in [-0.3, -0.25) is 0 Å². The number of allylic oxidation sites excluding steroid dienone is 3. The average molecular weight is 428 g/mol. The van der Waals surface area contributed by atoms with E-state index >= 15 is 0 Å². The SMILES string of the molecule is C(/C=C/c1ccccc1)=C\c1ccccc1.CC1=Cc2ccccc2C1.[Zr]. The van der Waals surface area contributed by atoms with Gasteiger partial charge in [-0.2, -0.15) is 0 Å². The van der Waals surface area contributed by atoms with Crippen molar-refractivity contribution in [3.05, 3.63) is 125 Å². The van der Waals surface area contributed by atoms with E-state index in [0.717, 1.165) is 6.42 Å². The van der Waals surface area contributed by atoms with E-state index in [1.807, 2.05) is 36.4 Å². The normalized spacial score (nSPS) is 12.1. The Kier molecular flexibility index (Phi) is 8.95. The summed E-state index contributed by atoms with van der Waals surface area (Å²) in [5.41, 5.74) is 6.79. The molecule has 4 rings (SSSR count). The fourth-order valence-corrected chi connectivity index (χ4v) is 2.91. The molecule has 0 aliphatic heterocycles. The summed E-state index contributed by atoms with van der Waals surface area (Å²) < 4.78 is 0. The van der Waals surface area contributed by atoms with E-state index in [1.54, 1.807) is 0 Å². The Labute approximate surface area is 182 Å². The van der Waals surface area contributed by atoms with Crippen LogP contribution in [0.25, 0.3) is 18.2 Å². The van der Waals surface area contributed by atoms with Crippen LogP contribution in [0.1, 0.15) is 29.2 Å². The van der Waals surface area contributed by atoms with E-state index < -0.39 is 0 Å². The van der Waals surface area contributed by atoms with Gasteiger partial charge in [-0.25, -0.2) is 0 Å². The molecule has 0 nitrogen and oxygen atoms in total. The van der Waals surface area contributed by atoms with E-state index in [2.05, 4.69) is 85.8 Å². The van der Waals surface area contributed by atoms with Gasteiger partial charge in [-0.15, -0.1) is 0 Å². The molecule has 1 aliphatic rings. The monoisotopic (exact) mass is 426 g/mol. The van der Waals surface area contributed by atoms with E-state index in [9.17, 15) is 0 Å². The maximum Gasteiger partial charge on any atom is 0 e. The molecule has 0 saturated carbocycles. The largest absolute Gasteiger partial charge is 0.0683 e. The minimum absolute atomic E-state index is 0. The molecule has 1 aliphatic carbocycles. The Hall–Kier alpha value is -2.24. The third-order valence-corrected chi connectivity index (χ3v) is 4.21. The first-order valence-electron chi connectivity index (χ1n) is 9.01. The fourth-order valence-electron chi connectivity index (χ4n) is 2.91. The van der Waals surface area contributed by atoms with Crippen molar-refractivity contribution in [2.45, 2.75) is 13.3 Å². The molecular weight excluding hydrogens is 404 g/mol. The topological polar surface area (TPSA) is 0 Å². The van der Waals surface area contributed by atoms with Gasteiger partial charge in [0.2, 0.25) is 0 Å². The minimum atomic E-state index is 0. The molecule has 0 aromatic heterocycles. The molecule has 27 heavy (non-hydrogen) atoms. The first kappa shape index (κ1) is 21.1. The predicted octanol–water partition coefficient (Wildman–Crippen LogP) is 7.06. The minimum Gasteiger partial charge on any atom is -0.0683 e. The molecule has 0 amide bonds. The van der Waals surface area contributed by atoms with Crippen LogP contribution in [0.2, 0.25) is 0 Å². The zero-order chi connectivity index (χ0) is 18.0. The Morgan fingerprint density at radius 2 is 1.11 bits per heavy atom. The van der Waals surface area contributed by atoms with Gasteiger partial charge >= 0.3 is 0 Å². The van der Waals surface area contributed by atoms with Crippen LogP contribution < -0.4 is 0 Å². The van der Waals surface area contributed by atoms with Crippen LogP contribution in [0.3, 0.4) is 0 Å². The number of hydrogen-bond acceptors (Lipinski definition) is 0. The van der Waals surface area contributed by atoms with Crippen molar-refractivity contribution in [3.63, 3.8) is 0 Å². The maximum atomic E-state index is 2.26. The first-order chi connectivity index (χ1) is 12.8. The average Bonchev–Trinajstić information content (AvgIpc) is 3.07. The Bertz CT molecular complexity index is 856. The number of rotatable bonds is 3. The molecule has 0 saturated heterocycles. The molecule has 0 N–H and O–H groups in total. The molecule has 0 bridgehead atoms. The van der Waals surface area contributed by atoms with Gasteiger partial charge in [0.25, 0.3) is 0 Å². The second kappa shape index (κ2) is 11.5. The van der Waals surface area contributed by atoms with Crippen molar-refractivity contribution < 1.29 is 26.2 Å². The van der Waals surface area contributed by atoms with Crippen molar-refractivity contribution >= 4 is 18.2 Å². The third kappa shape index (κ3) is 7.12. The molecule has 0 heterocycles. The molecule has 132 valence electrons. The second-order valence-corrected chi connectivity index (χ2v) is 6.41. The van der Waals surface area contributed by atoms with Gasteiger partial charge in [0.05, 0.1) is 0 Å². The molecule has 0 fully saturated rings. The van der Waals surface area contributed by atoms with E-state index in [-0.39, 0.29) is 26.2 Å². The summed E-state index contributed by atoms with van der Waals surface area (Å²) >= 11 is 0. The quantitative estimate of drug-likeness (QED) is 0.393. The van der Waals surface area contributed by atoms with Crippen LogP contribution in [-0.2, 0) is 32.6 Å². The zero-order valence-corrected chi connectivity index (χ0v) is 18.1. The van der Waals surface area contributed by atoms with Crippen LogP contribution in [0.4, 0.5) is 0 Å². The summed E-state index contributed by atoms with van der Waals surface area (Å²) in [7, 11) is 0. The summed E-state index contributed by atoms with van der Waals surface area (Å²) in [6, 6.07) is 29.1. The molecule has 0 spiro atoms. The van der Waals surface area contributed by atoms with Crippen molar-refractivity contribution in [3.8, 4) is 0 Å². The Balaban J connectivity index is 0.000000205. The molecule has 0 radical (unpaired) electrons. The smallest absolute Gasteiger partial charge is 0 e. The van der Waals surface area contributed by atoms with Gasteiger partial charge in [0.15, 0.2) is 0 Å². The van der Waals surface area contributed by atoms with Crippen LogP contribution in [0.15, 0.2) is 103 Å². The zero-order valence-electron chi connectivity index (χ0n) is 15.7. The van der Waals surface area contributed by atoms with E-state index in [1.165, 1.54) is 27.8 Å². The first-order valence-corrected chi connectivity index (χ1v) is 9.01. The third-order valence-electron chi connectivity index (χ3n) is 4.21. The Morgan fingerprint density at radius 3 is 1.63 bits per heavy atom. The summed E-state index contributed by atoms with van der Waals surface area (Å²) in [5, 5.41) is 0. The second-order valence-electron chi connectivity index (χ2n) is 6.41. The van der Waals surface area contributed by atoms with Gasteiger partial charge in [-0.05, 0) is 35.6 Å². The molecule has 0 atom stereocenters. The number of hydrogen-bond donors (Lipinski definition) is 0. The summed E-state index contributed by atoms with van der Waals surface area (Å²) in [6.45, 7) is 2.18. The van der Waals surface area contributed by atoms with Gasteiger partial charge in [0, 0.05) is 26.2 Å². The number of fused-ring (bicyclic) bond motifs is 1. The standard InChI is InChI=1S/C16H14.C10H10.Zr/c1-3-9-15(10-4-1)13-7-8-14-16-11-5-2-6-12-16;1-8-6-9-4-2-3-5-10(9)7-8;/h1-14H;2-6H,7H2,1H3;/b13-7+,14-8+;;.